The van der Waals surface area contributed by atoms with E-state index in [1.165, 1.54) is 5.56 Å². The van der Waals surface area contributed by atoms with Gasteiger partial charge in [-0.2, -0.15) is 11.3 Å². The van der Waals surface area contributed by atoms with E-state index in [4.69, 9.17) is 5.11 Å². The van der Waals surface area contributed by atoms with Crippen LogP contribution in [0, 0.1) is 0 Å². The minimum absolute atomic E-state index is 0.185. The molecule has 2 heterocycles. The zero-order valence-corrected chi connectivity index (χ0v) is 9.14. The van der Waals surface area contributed by atoms with E-state index in [1.807, 2.05) is 5.38 Å². The highest BCUT2D eigenvalue weighted by atomic mass is 32.1. The molecule has 0 saturated carbocycles. The first-order valence-corrected chi connectivity index (χ1v) is 5.83. The topological polar surface area (TPSA) is 61.4 Å². The normalized spacial score (nSPS) is 18.4. The summed E-state index contributed by atoms with van der Waals surface area (Å²) in [5, 5.41) is 19.4. The third-order valence-corrected chi connectivity index (χ3v) is 3.40. The van der Waals surface area contributed by atoms with Crippen molar-refractivity contribution in [2.24, 2.45) is 0 Å². The molecule has 5 heteroatoms. The average Bonchev–Trinajstić information content (AvgIpc) is 2.61. The Morgan fingerprint density at radius 3 is 2.93 bits per heavy atom. The van der Waals surface area contributed by atoms with Gasteiger partial charge >= 0.3 is 5.97 Å². The first-order chi connectivity index (χ1) is 7.20. The van der Waals surface area contributed by atoms with Gasteiger partial charge < -0.3 is 15.7 Å². The average molecular weight is 226 g/mol. The van der Waals surface area contributed by atoms with Crippen LogP contribution in [-0.2, 0) is 11.3 Å². The number of thiophene rings is 1. The van der Waals surface area contributed by atoms with Crippen LogP contribution in [0.3, 0.4) is 0 Å². The van der Waals surface area contributed by atoms with Gasteiger partial charge in [0.15, 0.2) is 0 Å². The summed E-state index contributed by atoms with van der Waals surface area (Å²) in [6.45, 7) is 2.23. The highest BCUT2D eigenvalue weighted by Crippen LogP contribution is 2.17. The van der Waals surface area contributed by atoms with Crippen LogP contribution in [0.2, 0.25) is 0 Å². The molecule has 0 bridgehead atoms. The maximum atomic E-state index is 10.7. The second-order valence-electron chi connectivity index (χ2n) is 3.94. The number of hydrogen-bond acceptors (Lipinski definition) is 4. The lowest BCUT2D eigenvalue weighted by Gasteiger charge is -2.42. The Balaban J connectivity index is 1.88. The Morgan fingerprint density at radius 1 is 1.67 bits per heavy atom. The zero-order chi connectivity index (χ0) is 10.7. The molecule has 1 aliphatic heterocycles. The van der Waals surface area contributed by atoms with Crippen molar-refractivity contribution in [1.29, 1.82) is 0 Å². The minimum atomic E-state index is -0.741. The Hall–Kier alpha value is -0.910. The molecule has 4 nitrogen and oxygen atoms in total. The van der Waals surface area contributed by atoms with Crippen LogP contribution < -0.4 is 10.6 Å². The lowest BCUT2D eigenvalue weighted by Crippen LogP contribution is -2.68. The minimum Gasteiger partial charge on any atom is -0.481 e. The quantitative estimate of drug-likeness (QED) is 0.690. The molecule has 0 spiro atoms. The maximum absolute atomic E-state index is 10.7. The Kier molecular flexibility index (Phi) is 3.04. The summed E-state index contributed by atoms with van der Waals surface area (Å²) >= 11 is 1.66. The van der Waals surface area contributed by atoms with Gasteiger partial charge in [0, 0.05) is 19.6 Å². The fourth-order valence-corrected chi connectivity index (χ4v) is 2.38. The van der Waals surface area contributed by atoms with E-state index in [0.29, 0.717) is 0 Å². The smallest absolute Gasteiger partial charge is 0.305 e. The van der Waals surface area contributed by atoms with Crippen molar-refractivity contribution in [3.05, 3.63) is 22.4 Å². The van der Waals surface area contributed by atoms with E-state index >= 15 is 0 Å². The number of carboxylic acids is 1. The Labute approximate surface area is 92.3 Å². The standard InChI is InChI=1S/C10H14N2O2S/c13-9(14)3-10(6-11-7-10)12-4-8-1-2-15-5-8/h1-2,5,11-12H,3-4,6-7H2,(H,13,14). The van der Waals surface area contributed by atoms with E-state index < -0.39 is 5.97 Å². The predicted molar refractivity (Wildman–Crippen MR) is 59.0 cm³/mol. The van der Waals surface area contributed by atoms with Crippen LogP contribution in [0.25, 0.3) is 0 Å². The third-order valence-electron chi connectivity index (χ3n) is 2.66. The number of aliphatic carboxylic acids is 1. The first-order valence-electron chi connectivity index (χ1n) is 4.89. The molecule has 0 unspecified atom stereocenters. The van der Waals surface area contributed by atoms with Gasteiger partial charge in [0.25, 0.3) is 0 Å². The van der Waals surface area contributed by atoms with Crippen LogP contribution in [0.4, 0.5) is 0 Å². The molecule has 1 aromatic rings. The number of nitrogens with one attached hydrogen (secondary N) is 2. The van der Waals surface area contributed by atoms with Crippen LogP contribution in [0.5, 0.6) is 0 Å². The van der Waals surface area contributed by atoms with E-state index in [2.05, 4.69) is 22.1 Å². The second-order valence-corrected chi connectivity index (χ2v) is 4.72. The number of hydrogen-bond donors (Lipinski definition) is 3. The van der Waals surface area contributed by atoms with Crippen molar-refractivity contribution in [3.63, 3.8) is 0 Å². The highest BCUT2D eigenvalue weighted by Gasteiger charge is 2.38. The van der Waals surface area contributed by atoms with Gasteiger partial charge in [-0.1, -0.05) is 0 Å². The van der Waals surface area contributed by atoms with Gasteiger partial charge in [-0.3, -0.25) is 4.79 Å². The number of carboxylic acid groups (broad SMARTS) is 1. The molecule has 1 saturated heterocycles. The lowest BCUT2D eigenvalue weighted by molar-refractivity contribution is -0.139. The molecule has 1 fully saturated rings. The van der Waals surface area contributed by atoms with Gasteiger partial charge in [0.1, 0.15) is 0 Å². The van der Waals surface area contributed by atoms with Crippen molar-refractivity contribution in [2.45, 2.75) is 18.5 Å². The largest absolute Gasteiger partial charge is 0.481 e. The molecule has 0 aliphatic carbocycles. The summed E-state index contributed by atoms with van der Waals surface area (Å²) in [4.78, 5) is 10.7. The molecular formula is C10H14N2O2S. The third kappa shape index (κ3) is 2.56. The Morgan fingerprint density at radius 2 is 2.47 bits per heavy atom. The molecule has 0 aromatic carbocycles. The predicted octanol–water partition coefficient (Wildman–Crippen LogP) is 0.654. The second kappa shape index (κ2) is 4.30. The SMILES string of the molecule is O=C(O)CC1(NCc2ccsc2)CNC1. The van der Waals surface area contributed by atoms with Crippen molar-refractivity contribution in [3.8, 4) is 0 Å². The van der Waals surface area contributed by atoms with E-state index in [-0.39, 0.29) is 12.0 Å². The maximum Gasteiger partial charge on any atom is 0.305 e. The van der Waals surface area contributed by atoms with Crippen LogP contribution in [0.1, 0.15) is 12.0 Å². The summed E-state index contributed by atoms with van der Waals surface area (Å²) in [7, 11) is 0. The molecule has 0 amide bonds. The summed E-state index contributed by atoms with van der Waals surface area (Å²) in [6, 6.07) is 2.05. The molecule has 1 aliphatic rings. The molecular weight excluding hydrogens is 212 g/mol. The molecule has 0 atom stereocenters. The summed E-state index contributed by atoms with van der Waals surface area (Å²) in [5.74, 6) is -0.741. The summed E-state index contributed by atoms with van der Waals surface area (Å²) in [6.07, 6.45) is 0.185. The van der Waals surface area contributed by atoms with E-state index in [9.17, 15) is 4.79 Å². The van der Waals surface area contributed by atoms with Gasteiger partial charge in [0.05, 0.1) is 12.0 Å². The van der Waals surface area contributed by atoms with E-state index in [0.717, 1.165) is 19.6 Å². The van der Waals surface area contributed by atoms with Crippen LogP contribution in [-0.4, -0.2) is 29.7 Å². The van der Waals surface area contributed by atoms with Crippen LogP contribution >= 0.6 is 11.3 Å². The number of carbonyl (C=O) groups is 1. The van der Waals surface area contributed by atoms with E-state index in [1.54, 1.807) is 11.3 Å². The van der Waals surface area contributed by atoms with Gasteiger partial charge in [-0.15, -0.1) is 0 Å². The molecule has 0 radical (unpaired) electrons. The molecule has 1 aromatic heterocycles. The monoisotopic (exact) mass is 226 g/mol. The van der Waals surface area contributed by atoms with Gasteiger partial charge in [0.2, 0.25) is 0 Å². The first kappa shape index (κ1) is 10.6. The van der Waals surface area contributed by atoms with Crippen molar-refractivity contribution in [2.75, 3.05) is 13.1 Å². The number of rotatable bonds is 5. The van der Waals surface area contributed by atoms with Crippen molar-refractivity contribution < 1.29 is 9.90 Å². The fraction of sp³-hybridized carbons (Fsp3) is 0.500. The zero-order valence-electron chi connectivity index (χ0n) is 8.32. The molecule has 2 rings (SSSR count). The van der Waals surface area contributed by atoms with Crippen molar-refractivity contribution in [1.82, 2.24) is 10.6 Å². The highest BCUT2D eigenvalue weighted by molar-refractivity contribution is 7.07. The fourth-order valence-electron chi connectivity index (χ4n) is 1.71. The lowest BCUT2D eigenvalue weighted by atomic mass is 9.88. The summed E-state index contributed by atoms with van der Waals surface area (Å²) < 4.78 is 0. The summed E-state index contributed by atoms with van der Waals surface area (Å²) in [5.41, 5.74) is 0.977. The van der Waals surface area contributed by atoms with Crippen LogP contribution in [0.15, 0.2) is 16.8 Å². The van der Waals surface area contributed by atoms with Gasteiger partial charge in [-0.25, -0.2) is 0 Å². The van der Waals surface area contributed by atoms with Gasteiger partial charge in [-0.05, 0) is 22.4 Å². The Bertz CT molecular complexity index is 333. The van der Waals surface area contributed by atoms with Crippen molar-refractivity contribution >= 4 is 17.3 Å². The molecule has 82 valence electrons. The molecule has 15 heavy (non-hydrogen) atoms. The molecule has 3 N–H and O–H groups in total.